The Hall–Kier alpha value is -2.19. The highest BCUT2D eigenvalue weighted by Crippen LogP contribution is 2.19. The molecule has 1 heterocycles. The number of aromatic nitrogens is 2. The molecule has 22 heavy (non-hydrogen) atoms. The molecule has 1 amide bonds. The summed E-state index contributed by atoms with van der Waals surface area (Å²) in [5.74, 6) is -0.559. The summed E-state index contributed by atoms with van der Waals surface area (Å²) in [5, 5.41) is 6.25. The zero-order valence-corrected chi connectivity index (χ0v) is 13.1. The molecule has 1 N–H and O–H groups in total. The van der Waals surface area contributed by atoms with Crippen LogP contribution in [0.5, 0.6) is 0 Å². The molecule has 7 nitrogen and oxygen atoms in total. The molecule has 0 bridgehead atoms. The molecule has 2 aromatic rings. The zero-order chi connectivity index (χ0) is 15.9. The first-order valence-electron chi connectivity index (χ1n) is 6.28. The Bertz CT molecular complexity index is 677. The molecule has 0 atom stereocenters. The van der Waals surface area contributed by atoms with Crippen molar-refractivity contribution in [2.24, 2.45) is 0 Å². The molecule has 0 unspecified atom stereocenters. The maximum absolute atomic E-state index is 12.0. The molecule has 0 aliphatic heterocycles. The van der Waals surface area contributed by atoms with Gasteiger partial charge in [-0.1, -0.05) is 22.2 Å². The number of rotatable bonds is 5. The lowest BCUT2D eigenvalue weighted by atomic mass is 10.2. The van der Waals surface area contributed by atoms with Crippen LogP contribution in [-0.4, -0.2) is 28.3 Å². The van der Waals surface area contributed by atoms with Crippen LogP contribution in [-0.2, 0) is 16.1 Å². The van der Waals surface area contributed by atoms with E-state index in [1.807, 2.05) is 0 Å². The third-order valence-corrected chi connectivity index (χ3v) is 3.45. The van der Waals surface area contributed by atoms with Crippen molar-refractivity contribution in [2.45, 2.75) is 13.5 Å². The predicted octanol–water partition coefficient (Wildman–Crippen LogP) is 3.12. The summed E-state index contributed by atoms with van der Waals surface area (Å²) in [6.07, 6.45) is -0.589. The van der Waals surface area contributed by atoms with Crippen molar-refractivity contribution in [1.82, 2.24) is 9.59 Å². The molecule has 0 fully saturated rings. The van der Waals surface area contributed by atoms with E-state index in [1.54, 1.807) is 25.1 Å². The van der Waals surface area contributed by atoms with Gasteiger partial charge < -0.3 is 9.47 Å². The van der Waals surface area contributed by atoms with E-state index in [4.69, 9.17) is 21.1 Å². The molecular formula is C13H12ClN3O4S. The Kier molecular flexibility index (Phi) is 5.68. The molecule has 0 aliphatic rings. The van der Waals surface area contributed by atoms with Crippen molar-refractivity contribution < 1.29 is 19.1 Å². The lowest BCUT2D eigenvalue weighted by molar-refractivity contribution is 0.0468. The molecule has 1 aromatic heterocycles. The van der Waals surface area contributed by atoms with Crippen LogP contribution < -0.4 is 5.32 Å². The Morgan fingerprint density at radius 3 is 2.86 bits per heavy atom. The maximum Gasteiger partial charge on any atom is 0.411 e. The van der Waals surface area contributed by atoms with Crippen molar-refractivity contribution in [3.63, 3.8) is 0 Å². The number of halogens is 1. The van der Waals surface area contributed by atoms with Gasteiger partial charge in [0.1, 0.15) is 16.6 Å². The van der Waals surface area contributed by atoms with Crippen molar-refractivity contribution in [3.05, 3.63) is 39.9 Å². The monoisotopic (exact) mass is 341 g/mol. The third kappa shape index (κ3) is 4.40. The van der Waals surface area contributed by atoms with Gasteiger partial charge in [0, 0.05) is 17.2 Å². The lowest BCUT2D eigenvalue weighted by Gasteiger charge is -2.07. The minimum absolute atomic E-state index is 0.0658. The van der Waals surface area contributed by atoms with Crippen LogP contribution in [0.4, 0.5) is 10.5 Å². The van der Waals surface area contributed by atoms with Crippen molar-refractivity contribution in [3.8, 4) is 0 Å². The van der Waals surface area contributed by atoms with E-state index in [1.165, 1.54) is 6.07 Å². The van der Waals surface area contributed by atoms with Crippen LogP contribution in [0.25, 0.3) is 0 Å². The van der Waals surface area contributed by atoms with E-state index in [2.05, 4.69) is 14.9 Å². The number of carbonyl (C=O) groups excluding carboxylic acids is 2. The van der Waals surface area contributed by atoms with Crippen LogP contribution in [0.3, 0.4) is 0 Å². The zero-order valence-electron chi connectivity index (χ0n) is 11.5. The topological polar surface area (TPSA) is 90.4 Å². The molecule has 0 saturated carbocycles. The average Bonchev–Trinajstić information content (AvgIpc) is 2.90. The SMILES string of the molecule is CCOC(=O)Nc1cccc(C(=O)OCc2nnsc2Cl)c1. The number of ether oxygens (including phenoxy) is 2. The molecule has 0 radical (unpaired) electrons. The Balaban J connectivity index is 1.98. The number of nitrogens with zero attached hydrogens (tertiary/aromatic N) is 2. The molecule has 1 aromatic carbocycles. The van der Waals surface area contributed by atoms with E-state index < -0.39 is 12.1 Å². The first kappa shape index (κ1) is 16.2. The highest BCUT2D eigenvalue weighted by Gasteiger charge is 2.12. The highest BCUT2D eigenvalue weighted by atomic mass is 35.5. The minimum Gasteiger partial charge on any atom is -0.455 e. The Morgan fingerprint density at radius 2 is 2.18 bits per heavy atom. The summed E-state index contributed by atoms with van der Waals surface area (Å²) in [7, 11) is 0. The molecule has 0 spiro atoms. The largest absolute Gasteiger partial charge is 0.455 e. The summed E-state index contributed by atoms with van der Waals surface area (Å²) in [4.78, 5) is 23.3. The normalized spacial score (nSPS) is 10.1. The van der Waals surface area contributed by atoms with Crippen molar-refractivity contribution in [2.75, 3.05) is 11.9 Å². The summed E-state index contributed by atoms with van der Waals surface area (Å²) >= 11 is 6.84. The van der Waals surface area contributed by atoms with Gasteiger partial charge >= 0.3 is 12.1 Å². The van der Waals surface area contributed by atoms with Gasteiger partial charge in [-0.15, -0.1) is 5.10 Å². The quantitative estimate of drug-likeness (QED) is 0.840. The predicted molar refractivity (Wildman–Crippen MR) is 81.1 cm³/mol. The van der Waals surface area contributed by atoms with Gasteiger partial charge in [0.2, 0.25) is 0 Å². The van der Waals surface area contributed by atoms with Gasteiger partial charge in [0.25, 0.3) is 0 Å². The van der Waals surface area contributed by atoms with Gasteiger partial charge in [0.15, 0.2) is 0 Å². The van der Waals surface area contributed by atoms with Gasteiger partial charge in [-0.2, -0.15) is 0 Å². The van der Waals surface area contributed by atoms with E-state index in [-0.39, 0.29) is 18.8 Å². The van der Waals surface area contributed by atoms with Crippen LogP contribution in [0.2, 0.25) is 4.34 Å². The van der Waals surface area contributed by atoms with Gasteiger partial charge in [-0.3, -0.25) is 5.32 Å². The summed E-state index contributed by atoms with van der Waals surface area (Å²) in [6, 6.07) is 6.31. The van der Waals surface area contributed by atoms with E-state index in [0.29, 0.717) is 15.7 Å². The number of amides is 1. The fourth-order valence-electron chi connectivity index (χ4n) is 1.51. The lowest BCUT2D eigenvalue weighted by Crippen LogP contribution is -2.14. The number of benzene rings is 1. The Morgan fingerprint density at radius 1 is 1.36 bits per heavy atom. The van der Waals surface area contributed by atoms with E-state index >= 15 is 0 Å². The van der Waals surface area contributed by atoms with Crippen LogP contribution in [0, 0.1) is 0 Å². The first-order chi connectivity index (χ1) is 10.6. The number of esters is 1. The maximum atomic E-state index is 12.0. The second kappa shape index (κ2) is 7.71. The first-order valence-corrected chi connectivity index (χ1v) is 7.43. The Labute approximate surface area is 135 Å². The fourth-order valence-corrected chi connectivity index (χ4v) is 2.11. The van der Waals surface area contributed by atoms with Gasteiger partial charge in [-0.25, -0.2) is 9.59 Å². The second-order valence-corrected chi connectivity index (χ2v) is 5.35. The standard InChI is InChI=1S/C13H12ClN3O4S/c1-2-20-13(19)15-9-5-3-4-8(6-9)12(18)21-7-10-11(14)22-17-16-10/h3-6H,2,7H2,1H3,(H,15,19). The van der Waals surface area contributed by atoms with Gasteiger partial charge in [0.05, 0.1) is 12.2 Å². The highest BCUT2D eigenvalue weighted by molar-refractivity contribution is 7.10. The molecule has 9 heteroatoms. The number of hydrogen-bond acceptors (Lipinski definition) is 7. The number of hydrogen-bond donors (Lipinski definition) is 1. The summed E-state index contributed by atoms with van der Waals surface area (Å²) in [6.45, 7) is 1.89. The van der Waals surface area contributed by atoms with Crippen LogP contribution in [0.15, 0.2) is 24.3 Å². The van der Waals surface area contributed by atoms with E-state index in [0.717, 1.165) is 11.5 Å². The minimum atomic E-state index is -0.589. The van der Waals surface area contributed by atoms with Crippen molar-refractivity contribution in [1.29, 1.82) is 0 Å². The molecule has 2 rings (SSSR count). The smallest absolute Gasteiger partial charge is 0.411 e. The molecular weight excluding hydrogens is 330 g/mol. The van der Waals surface area contributed by atoms with Crippen LogP contribution in [0.1, 0.15) is 23.0 Å². The van der Waals surface area contributed by atoms with Crippen LogP contribution >= 0.6 is 23.1 Å². The summed E-state index contributed by atoms with van der Waals surface area (Å²) in [5.41, 5.74) is 1.12. The molecule has 0 aliphatic carbocycles. The van der Waals surface area contributed by atoms with Crippen molar-refractivity contribution >= 4 is 40.9 Å². The third-order valence-electron chi connectivity index (χ3n) is 2.47. The molecule has 116 valence electrons. The average molecular weight is 342 g/mol. The number of carbonyl (C=O) groups is 2. The fraction of sp³-hybridized carbons (Fsp3) is 0.231. The van der Waals surface area contributed by atoms with Gasteiger partial charge in [-0.05, 0) is 25.1 Å². The number of nitrogens with one attached hydrogen (secondary N) is 1. The molecule has 0 saturated heterocycles. The number of anilines is 1. The second-order valence-electron chi connectivity index (χ2n) is 4.00. The van der Waals surface area contributed by atoms with E-state index in [9.17, 15) is 9.59 Å². The summed E-state index contributed by atoms with van der Waals surface area (Å²) < 4.78 is 13.9.